The molecule has 148 valence electrons. The zero-order valence-electron chi connectivity index (χ0n) is 15.1. The molecule has 0 unspecified atom stereocenters. The lowest BCUT2D eigenvalue weighted by Gasteiger charge is -2.10. The van der Waals surface area contributed by atoms with E-state index in [9.17, 15) is 23.2 Å². The number of carbonyl (C=O) groups is 2. The van der Waals surface area contributed by atoms with Gasteiger partial charge in [0.1, 0.15) is 5.56 Å². The highest BCUT2D eigenvalue weighted by Crippen LogP contribution is 2.10. The second-order valence-electron chi connectivity index (χ2n) is 6.29. The number of carboxylic acids is 1. The van der Waals surface area contributed by atoms with E-state index in [4.69, 9.17) is 5.11 Å². The van der Waals surface area contributed by atoms with Gasteiger partial charge in [-0.25, -0.2) is 13.6 Å². The number of carbonyl (C=O) groups excluding carboxylic acids is 1. The first-order valence-corrected chi connectivity index (χ1v) is 8.59. The molecule has 8 heteroatoms. The van der Waals surface area contributed by atoms with Crippen LogP contribution in [0.4, 0.5) is 8.78 Å². The molecule has 0 fully saturated rings. The Morgan fingerprint density at radius 2 is 1.76 bits per heavy atom. The smallest absolute Gasteiger partial charge is 0.335 e. The number of rotatable bonds is 6. The Hall–Kier alpha value is -3.81. The number of nitrogens with zero attached hydrogens (tertiary/aromatic N) is 1. The van der Waals surface area contributed by atoms with E-state index in [2.05, 4.69) is 5.32 Å². The molecular formula is C21H16F2N2O4. The summed E-state index contributed by atoms with van der Waals surface area (Å²) in [6.07, 6.45) is 1.44. The van der Waals surface area contributed by atoms with Crippen LogP contribution in [0.3, 0.4) is 0 Å². The largest absolute Gasteiger partial charge is 0.478 e. The molecule has 0 bridgehead atoms. The minimum atomic E-state index is -1.08. The number of hydrogen-bond donors (Lipinski definition) is 2. The predicted octanol–water partition coefficient (Wildman–Crippen LogP) is 2.80. The van der Waals surface area contributed by atoms with Crippen molar-refractivity contribution in [3.8, 4) is 0 Å². The van der Waals surface area contributed by atoms with Gasteiger partial charge in [-0.15, -0.1) is 0 Å². The lowest BCUT2D eigenvalue weighted by molar-refractivity contribution is 0.0696. The highest BCUT2D eigenvalue weighted by atomic mass is 19.2. The first kappa shape index (κ1) is 19.9. The van der Waals surface area contributed by atoms with Gasteiger partial charge in [-0.3, -0.25) is 9.59 Å². The van der Waals surface area contributed by atoms with Crippen LogP contribution in [0.15, 0.2) is 65.6 Å². The molecule has 1 amide bonds. The molecule has 3 aromatic rings. The number of amides is 1. The Labute approximate surface area is 164 Å². The average molecular weight is 398 g/mol. The Bertz CT molecular complexity index is 1140. The molecule has 2 aromatic carbocycles. The fourth-order valence-corrected chi connectivity index (χ4v) is 2.76. The third-order valence-corrected chi connectivity index (χ3v) is 4.23. The summed E-state index contributed by atoms with van der Waals surface area (Å²) >= 11 is 0. The summed E-state index contributed by atoms with van der Waals surface area (Å²) in [6, 6.07) is 12.2. The van der Waals surface area contributed by atoms with Crippen LogP contribution in [0, 0.1) is 11.6 Å². The van der Waals surface area contributed by atoms with Crippen molar-refractivity contribution in [2.45, 2.75) is 13.1 Å². The number of benzene rings is 2. The van der Waals surface area contributed by atoms with Crippen LogP contribution >= 0.6 is 0 Å². The van der Waals surface area contributed by atoms with Gasteiger partial charge in [-0.2, -0.15) is 0 Å². The Morgan fingerprint density at radius 1 is 0.966 bits per heavy atom. The molecule has 0 saturated carbocycles. The van der Waals surface area contributed by atoms with E-state index in [1.165, 1.54) is 41.1 Å². The highest BCUT2D eigenvalue weighted by Gasteiger charge is 2.13. The van der Waals surface area contributed by atoms with Gasteiger partial charge in [0, 0.05) is 12.7 Å². The number of aromatic carboxylic acids is 1. The molecule has 0 radical (unpaired) electrons. The van der Waals surface area contributed by atoms with Crippen molar-refractivity contribution in [1.29, 1.82) is 0 Å². The zero-order chi connectivity index (χ0) is 21.0. The van der Waals surface area contributed by atoms with Crippen LogP contribution in [0.5, 0.6) is 0 Å². The van der Waals surface area contributed by atoms with Gasteiger partial charge in [-0.1, -0.05) is 18.2 Å². The third kappa shape index (κ3) is 4.73. The fraction of sp³-hybridized carbons (Fsp3) is 0.0952. The normalized spacial score (nSPS) is 10.6. The predicted molar refractivity (Wildman–Crippen MR) is 101 cm³/mol. The van der Waals surface area contributed by atoms with Gasteiger partial charge in [0.15, 0.2) is 11.6 Å². The monoisotopic (exact) mass is 398 g/mol. The highest BCUT2D eigenvalue weighted by molar-refractivity contribution is 5.93. The number of halogens is 2. The zero-order valence-corrected chi connectivity index (χ0v) is 15.1. The second-order valence-corrected chi connectivity index (χ2v) is 6.29. The maximum Gasteiger partial charge on any atom is 0.335 e. The van der Waals surface area contributed by atoms with Crippen molar-refractivity contribution in [1.82, 2.24) is 9.88 Å². The van der Waals surface area contributed by atoms with E-state index >= 15 is 0 Å². The minimum Gasteiger partial charge on any atom is -0.478 e. The van der Waals surface area contributed by atoms with E-state index in [0.29, 0.717) is 11.1 Å². The van der Waals surface area contributed by atoms with Crippen LogP contribution in [0.25, 0.3) is 0 Å². The van der Waals surface area contributed by atoms with E-state index in [0.717, 1.165) is 12.1 Å². The number of aromatic nitrogens is 1. The lowest BCUT2D eigenvalue weighted by atomic mass is 10.1. The Morgan fingerprint density at radius 3 is 2.48 bits per heavy atom. The summed E-state index contributed by atoms with van der Waals surface area (Å²) in [5.41, 5.74) is 0.314. The van der Waals surface area contributed by atoms with Crippen LogP contribution < -0.4 is 10.9 Å². The van der Waals surface area contributed by atoms with Crippen molar-refractivity contribution < 1.29 is 23.5 Å². The van der Waals surface area contributed by atoms with Crippen molar-refractivity contribution >= 4 is 11.9 Å². The van der Waals surface area contributed by atoms with Gasteiger partial charge < -0.3 is 15.0 Å². The fourth-order valence-electron chi connectivity index (χ4n) is 2.76. The van der Waals surface area contributed by atoms with E-state index in [1.807, 2.05) is 0 Å². The van der Waals surface area contributed by atoms with Crippen molar-refractivity contribution in [3.63, 3.8) is 0 Å². The molecule has 0 aliphatic heterocycles. The molecule has 2 N–H and O–H groups in total. The molecule has 1 aromatic heterocycles. The molecule has 3 rings (SSSR count). The molecule has 0 atom stereocenters. The van der Waals surface area contributed by atoms with E-state index in [1.54, 1.807) is 12.1 Å². The molecule has 0 saturated heterocycles. The summed E-state index contributed by atoms with van der Waals surface area (Å²) in [7, 11) is 0. The van der Waals surface area contributed by atoms with Crippen LogP contribution in [-0.2, 0) is 13.1 Å². The van der Waals surface area contributed by atoms with Crippen LogP contribution in [-0.4, -0.2) is 21.6 Å². The second kappa shape index (κ2) is 8.47. The summed E-state index contributed by atoms with van der Waals surface area (Å²) in [5.74, 6) is -3.72. The quantitative estimate of drug-likeness (QED) is 0.668. The van der Waals surface area contributed by atoms with Crippen LogP contribution in [0.1, 0.15) is 31.8 Å². The summed E-state index contributed by atoms with van der Waals surface area (Å²) < 4.78 is 27.6. The Balaban J connectivity index is 1.75. The summed E-state index contributed by atoms with van der Waals surface area (Å²) in [6.45, 7) is 0.00920. The van der Waals surface area contributed by atoms with Gasteiger partial charge in [0.05, 0.1) is 12.1 Å². The molecular weight excluding hydrogens is 382 g/mol. The molecule has 0 spiro atoms. The minimum absolute atomic E-state index is 0.0300. The summed E-state index contributed by atoms with van der Waals surface area (Å²) in [5, 5.41) is 11.6. The molecule has 1 heterocycles. The number of hydrogen-bond acceptors (Lipinski definition) is 3. The summed E-state index contributed by atoms with van der Waals surface area (Å²) in [4.78, 5) is 36.0. The standard InChI is InChI=1S/C21H16F2N2O4/c22-17-7-6-14(10-18(17)23)12-25-8-2-5-16(20(25)27)19(26)24-11-13-3-1-4-15(9-13)21(28)29/h1-10H,11-12H2,(H,24,26)(H,28,29). The van der Waals surface area contributed by atoms with Crippen LogP contribution in [0.2, 0.25) is 0 Å². The van der Waals surface area contributed by atoms with Gasteiger partial charge in [0.2, 0.25) is 0 Å². The lowest BCUT2D eigenvalue weighted by Crippen LogP contribution is -2.32. The number of nitrogens with one attached hydrogen (secondary N) is 1. The van der Waals surface area contributed by atoms with E-state index in [-0.39, 0.29) is 24.2 Å². The van der Waals surface area contributed by atoms with Crippen molar-refractivity contribution in [2.75, 3.05) is 0 Å². The van der Waals surface area contributed by atoms with Crippen molar-refractivity contribution in [2.24, 2.45) is 0 Å². The molecule has 0 aliphatic rings. The van der Waals surface area contributed by atoms with Crippen molar-refractivity contribution in [3.05, 3.63) is 105 Å². The maximum atomic E-state index is 13.4. The molecule has 29 heavy (non-hydrogen) atoms. The van der Waals surface area contributed by atoms with Gasteiger partial charge in [0.25, 0.3) is 11.5 Å². The third-order valence-electron chi connectivity index (χ3n) is 4.23. The number of carboxylic acid groups (broad SMARTS) is 1. The first-order valence-electron chi connectivity index (χ1n) is 8.59. The van der Waals surface area contributed by atoms with Gasteiger partial charge >= 0.3 is 5.97 Å². The Kier molecular flexibility index (Phi) is 5.82. The number of pyridine rings is 1. The topological polar surface area (TPSA) is 88.4 Å². The average Bonchev–Trinajstić information content (AvgIpc) is 2.70. The first-order chi connectivity index (χ1) is 13.8. The van der Waals surface area contributed by atoms with E-state index < -0.39 is 29.1 Å². The molecule has 0 aliphatic carbocycles. The maximum absolute atomic E-state index is 13.4. The van der Waals surface area contributed by atoms with Gasteiger partial charge in [-0.05, 0) is 47.5 Å². The SMILES string of the molecule is O=C(O)c1cccc(CNC(=O)c2cccn(Cc3ccc(F)c(F)c3)c2=O)c1. The molecule has 6 nitrogen and oxygen atoms in total.